The van der Waals surface area contributed by atoms with Gasteiger partial charge in [-0.3, -0.25) is 9.59 Å². The third-order valence-electron chi connectivity index (χ3n) is 1.03. The summed E-state index contributed by atoms with van der Waals surface area (Å²) in [4.78, 5) is 19.8. The first-order chi connectivity index (χ1) is 4.63. The van der Waals surface area contributed by atoms with Gasteiger partial charge in [0.1, 0.15) is 0 Å². The molecule has 0 rings (SSSR count). The van der Waals surface area contributed by atoms with E-state index in [0.717, 1.165) is 0 Å². The molecule has 0 spiro atoms. The molecule has 0 radical (unpaired) electrons. The standard InChI is InChI=1S/C6H10O4.Cs.H/c7-5(8)3-1-2-4-6(9)10;;/h1-4H2,(H,7,8)(H,9,10);;/q;+1;-1. The molecule has 0 saturated heterocycles. The van der Waals surface area contributed by atoms with Gasteiger partial charge in [0.15, 0.2) is 0 Å². The van der Waals surface area contributed by atoms with Gasteiger partial charge in [0.2, 0.25) is 0 Å². The van der Waals surface area contributed by atoms with Gasteiger partial charge in [0.05, 0.1) is 0 Å². The van der Waals surface area contributed by atoms with Gasteiger partial charge in [0.25, 0.3) is 0 Å². The van der Waals surface area contributed by atoms with E-state index in [-0.39, 0.29) is 83.2 Å². The Labute approximate surface area is 125 Å². The van der Waals surface area contributed by atoms with E-state index in [0.29, 0.717) is 12.8 Å². The van der Waals surface area contributed by atoms with E-state index in [4.69, 9.17) is 10.2 Å². The molecule has 0 heterocycles. The second-order valence-corrected chi connectivity index (χ2v) is 1.99. The van der Waals surface area contributed by atoms with E-state index in [1.54, 1.807) is 0 Å². The Hall–Kier alpha value is 0.992. The molecule has 0 fully saturated rings. The minimum absolute atomic E-state index is 0. The molecule has 0 saturated carbocycles. The van der Waals surface area contributed by atoms with Crippen LogP contribution in [0, 0.1) is 0 Å². The van der Waals surface area contributed by atoms with Crippen LogP contribution in [0.3, 0.4) is 0 Å². The zero-order valence-corrected chi connectivity index (χ0v) is 12.8. The number of carboxylic acids is 2. The first-order valence-corrected chi connectivity index (χ1v) is 3.06. The van der Waals surface area contributed by atoms with Gasteiger partial charge >= 0.3 is 80.8 Å². The molecule has 0 unspecified atom stereocenters. The van der Waals surface area contributed by atoms with Gasteiger partial charge in [-0.05, 0) is 12.8 Å². The summed E-state index contributed by atoms with van der Waals surface area (Å²) in [5, 5.41) is 16.3. The second-order valence-electron chi connectivity index (χ2n) is 1.99. The third kappa shape index (κ3) is 13.9. The summed E-state index contributed by atoms with van der Waals surface area (Å²) in [6.45, 7) is 0. The minimum atomic E-state index is -0.870. The van der Waals surface area contributed by atoms with Crippen LogP contribution in [0.15, 0.2) is 0 Å². The summed E-state index contributed by atoms with van der Waals surface area (Å²) in [7, 11) is 0. The van der Waals surface area contributed by atoms with Crippen molar-refractivity contribution < 1.29 is 90.1 Å². The first-order valence-electron chi connectivity index (χ1n) is 3.06. The van der Waals surface area contributed by atoms with Crippen LogP contribution >= 0.6 is 0 Å². The molecule has 5 heteroatoms. The average molecular weight is 280 g/mol. The van der Waals surface area contributed by atoms with Crippen LogP contribution in [0.25, 0.3) is 0 Å². The monoisotopic (exact) mass is 280 g/mol. The molecule has 0 bridgehead atoms. The Morgan fingerprint density at radius 2 is 1.27 bits per heavy atom. The molecule has 0 amide bonds. The van der Waals surface area contributed by atoms with Crippen LogP contribution in [-0.4, -0.2) is 22.2 Å². The second kappa shape index (κ2) is 9.08. The fourth-order valence-electron chi connectivity index (χ4n) is 0.552. The van der Waals surface area contributed by atoms with Crippen molar-refractivity contribution in [1.82, 2.24) is 0 Å². The van der Waals surface area contributed by atoms with Crippen LogP contribution in [0.5, 0.6) is 0 Å². The average Bonchev–Trinajstić information content (AvgIpc) is 1.79. The zero-order valence-electron chi connectivity index (χ0n) is 7.54. The van der Waals surface area contributed by atoms with E-state index >= 15 is 0 Å². The summed E-state index contributed by atoms with van der Waals surface area (Å²) in [6, 6.07) is 0. The van der Waals surface area contributed by atoms with E-state index in [1.165, 1.54) is 0 Å². The van der Waals surface area contributed by atoms with Crippen molar-refractivity contribution in [3.8, 4) is 0 Å². The molecule has 0 aromatic heterocycles. The van der Waals surface area contributed by atoms with Crippen LogP contribution in [0.1, 0.15) is 27.1 Å². The van der Waals surface area contributed by atoms with Gasteiger partial charge in [-0.2, -0.15) is 0 Å². The molecular weight excluding hydrogens is 269 g/mol. The molecule has 60 valence electrons. The maximum Gasteiger partial charge on any atom is 1.00 e. The molecule has 0 aliphatic heterocycles. The largest absolute Gasteiger partial charge is 1.00 e. The maximum absolute atomic E-state index is 9.90. The summed E-state index contributed by atoms with van der Waals surface area (Å²) < 4.78 is 0. The van der Waals surface area contributed by atoms with Crippen molar-refractivity contribution in [3.05, 3.63) is 0 Å². The van der Waals surface area contributed by atoms with Gasteiger partial charge < -0.3 is 11.6 Å². The Morgan fingerprint density at radius 1 is 1.00 bits per heavy atom. The van der Waals surface area contributed by atoms with Crippen molar-refractivity contribution in [3.63, 3.8) is 0 Å². The number of rotatable bonds is 5. The Morgan fingerprint density at radius 3 is 1.45 bits per heavy atom. The van der Waals surface area contributed by atoms with E-state index < -0.39 is 11.9 Å². The predicted octanol–water partition coefficient (Wildman–Crippen LogP) is -2.17. The van der Waals surface area contributed by atoms with Crippen molar-refractivity contribution in [2.24, 2.45) is 0 Å². The Kier molecular flexibility index (Phi) is 12.0. The fourth-order valence-corrected chi connectivity index (χ4v) is 0.552. The van der Waals surface area contributed by atoms with Gasteiger partial charge in [-0.25, -0.2) is 0 Å². The SMILES string of the molecule is O=C(O)CCCCC(=O)O.[Cs+].[H-]. The predicted molar refractivity (Wildman–Crippen MR) is 34.9 cm³/mol. The smallest absolute Gasteiger partial charge is 1.00 e. The molecule has 0 aromatic rings. The van der Waals surface area contributed by atoms with Crippen LogP contribution < -0.4 is 68.9 Å². The number of hydrogen-bond donors (Lipinski definition) is 2. The maximum atomic E-state index is 9.90. The number of carbonyl (C=O) groups is 2. The van der Waals surface area contributed by atoms with Crippen LogP contribution in [-0.2, 0) is 9.59 Å². The van der Waals surface area contributed by atoms with E-state index in [2.05, 4.69) is 0 Å². The zero-order chi connectivity index (χ0) is 7.98. The molecule has 11 heavy (non-hydrogen) atoms. The fraction of sp³-hybridized carbons (Fsp3) is 0.667. The van der Waals surface area contributed by atoms with Crippen molar-refractivity contribution in [2.75, 3.05) is 0 Å². The molecule has 2 N–H and O–H groups in total. The normalized spacial score (nSPS) is 8.36. The van der Waals surface area contributed by atoms with Crippen molar-refractivity contribution in [1.29, 1.82) is 0 Å². The van der Waals surface area contributed by atoms with Crippen molar-refractivity contribution in [2.45, 2.75) is 25.7 Å². The molecular formula is C6H11CsO4. The van der Waals surface area contributed by atoms with Gasteiger partial charge in [0, 0.05) is 12.8 Å². The molecule has 4 nitrogen and oxygen atoms in total. The van der Waals surface area contributed by atoms with Gasteiger partial charge in [-0.1, -0.05) is 0 Å². The molecule has 0 aliphatic rings. The summed E-state index contributed by atoms with van der Waals surface area (Å²) in [5.41, 5.74) is 0. The minimum Gasteiger partial charge on any atom is -1.00 e. The summed E-state index contributed by atoms with van der Waals surface area (Å²) in [5.74, 6) is -1.74. The topological polar surface area (TPSA) is 74.6 Å². The number of unbranched alkanes of at least 4 members (excludes halogenated alkanes) is 1. The summed E-state index contributed by atoms with van der Waals surface area (Å²) >= 11 is 0. The van der Waals surface area contributed by atoms with E-state index in [9.17, 15) is 9.59 Å². The van der Waals surface area contributed by atoms with E-state index in [1.807, 2.05) is 0 Å². The van der Waals surface area contributed by atoms with Crippen molar-refractivity contribution >= 4 is 11.9 Å². The van der Waals surface area contributed by atoms with Gasteiger partial charge in [-0.15, -0.1) is 0 Å². The number of aliphatic carboxylic acids is 2. The summed E-state index contributed by atoms with van der Waals surface area (Å²) in [6.07, 6.45) is 1.02. The van der Waals surface area contributed by atoms with Crippen LogP contribution in [0.4, 0.5) is 0 Å². The Bertz CT molecular complexity index is 124. The number of hydrogen-bond acceptors (Lipinski definition) is 2. The molecule has 0 aliphatic carbocycles. The number of carboxylic acid groups (broad SMARTS) is 2. The molecule has 0 atom stereocenters. The van der Waals surface area contributed by atoms with Crippen LogP contribution in [0.2, 0.25) is 0 Å². The Balaban J connectivity index is -0.000000405. The first kappa shape index (κ1) is 14.5. The third-order valence-corrected chi connectivity index (χ3v) is 1.03. The molecule has 0 aromatic carbocycles. The quantitative estimate of drug-likeness (QED) is 0.562.